The van der Waals surface area contributed by atoms with Crippen molar-refractivity contribution in [1.82, 2.24) is 9.80 Å². The molecule has 0 bridgehead atoms. The largest absolute Gasteiger partial charge is 0.366 e. The Kier molecular flexibility index (Phi) is 5.26. The molecule has 1 fully saturated rings. The van der Waals surface area contributed by atoms with Crippen molar-refractivity contribution in [3.63, 3.8) is 0 Å². The fourth-order valence-corrected chi connectivity index (χ4v) is 3.59. The molecule has 1 aromatic rings. The lowest BCUT2D eigenvalue weighted by atomic mass is 9.97. The van der Waals surface area contributed by atoms with Gasteiger partial charge in [-0.25, -0.2) is 0 Å². The topological polar surface area (TPSA) is 40.6 Å². The van der Waals surface area contributed by atoms with Crippen molar-refractivity contribution < 1.29 is 9.59 Å². The number of hydrogen-bond donors (Lipinski definition) is 0. The highest BCUT2D eigenvalue weighted by Gasteiger charge is 2.41. The maximum atomic E-state index is 13.1. The summed E-state index contributed by atoms with van der Waals surface area (Å²) in [6.45, 7) is 8.57. The molecule has 0 aliphatic carbocycles. The van der Waals surface area contributed by atoms with E-state index in [4.69, 9.17) is 0 Å². The molecule has 2 aliphatic heterocycles. The minimum absolute atomic E-state index is 0.108. The molecule has 2 heterocycles. The second-order valence-electron chi connectivity index (χ2n) is 7.37. The zero-order chi connectivity index (χ0) is 18.0. The molecule has 1 aromatic carbocycles. The molecule has 4 heteroatoms. The van der Waals surface area contributed by atoms with Crippen LogP contribution in [0.25, 0.3) is 5.57 Å². The minimum atomic E-state index is -0.129. The number of likely N-dealkylation sites (tertiary alicyclic amines) is 1. The van der Waals surface area contributed by atoms with Crippen LogP contribution in [0.4, 0.5) is 0 Å². The van der Waals surface area contributed by atoms with E-state index in [2.05, 4.69) is 18.7 Å². The van der Waals surface area contributed by atoms with Gasteiger partial charge in [-0.05, 0) is 37.7 Å². The number of imide groups is 1. The Hall–Kier alpha value is -2.10. The highest BCUT2D eigenvalue weighted by atomic mass is 16.2. The molecule has 1 saturated heterocycles. The summed E-state index contributed by atoms with van der Waals surface area (Å²) in [5, 5.41) is 0. The first-order valence-electron chi connectivity index (χ1n) is 9.45. The Bertz CT molecular complexity index is 682. The number of carbonyl (C=O) groups excluding carboxylic acids is 2. The maximum Gasteiger partial charge on any atom is 0.277 e. The molecule has 3 rings (SSSR count). The number of aryl methyl sites for hydroxylation is 1. The van der Waals surface area contributed by atoms with E-state index in [1.54, 1.807) is 0 Å². The van der Waals surface area contributed by atoms with E-state index >= 15 is 0 Å². The summed E-state index contributed by atoms with van der Waals surface area (Å²) >= 11 is 0. The first kappa shape index (κ1) is 17.7. The van der Waals surface area contributed by atoms with Gasteiger partial charge in [-0.1, -0.05) is 50.1 Å². The Morgan fingerprint density at radius 3 is 2.28 bits per heavy atom. The van der Waals surface area contributed by atoms with Gasteiger partial charge in [0, 0.05) is 19.6 Å². The molecule has 2 amide bonds. The molecule has 134 valence electrons. The smallest absolute Gasteiger partial charge is 0.277 e. The molecule has 0 unspecified atom stereocenters. The van der Waals surface area contributed by atoms with Gasteiger partial charge in [0.15, 0.2) is 0 Å². The van der Waals surface area contributed by atoms with Gasteiger partial charge in [0.25, 0.3) is 11.8 Å². The molecule has 0 radical (unpaired) electrons. The van der Waals surface area contributed by atoms with Gasteiger partial charge >= 0.3 is 0 Å². The van der Waals surface area contributed by atoms with E-state index in [0.717, 1.165) is 49.9 Å². The van der Waals surface area contributed by atoms with Crippen molar-refractivity contribution in [2.24, 2.45) is 5.92 Å². The molecule has 0 spiro atoms. The number of benzene rings is 1. The van der Waals surface area contributed by atoms with E-state index in [0.29, 0.717) is 23.7 Å². The van der Waals surface area contributed by atoms with Crippen LogP contribution in [0.5, 0.6) is 0 Å². The van der Waals surface area contributed by atoms with Crippen molar-refractivity contribution in [2.45, 2.75) is 46.5 Å². The summed E-state index contributed by atoms with van der Waals surface area (Å²) in [6.07, 6.45) is 3.96. The first-order chi connectivity index (χ1) is 12.0. The molecule has 0 aromatic heterocycles. The van der Waals surface area contributed by atoms with E-state index in [9.17, 15) is 9.59 Å². The second kappa shape index (κ2) is 7.42. The van der Waals surface area contributed by atoms with Gasteiger partial charge in [0.1, 0.15) is 5.70 Å². The van der Waals surface area contributed by atoms with Crippen molar-refractivity contribution in [2.75, 3.05) is 19.6 Å². The summed E-state index contributed by atoms with van der Waals surface area (Å²) in [5.74, 6) is 0.447. The predicted octanol–water partition coefficient (Wildman–Crippen LogP) is 3.61. The standard InChI is InChI=1S/C21H28N2O2/c1-4-5-12-23-20(24)18(17-8-6-15(2)7-9-17)19(21(23)25)22-13-10-16(3)11-14-22/h6-9,16H,4-5,10-14H2,1-3H3. The van der Waals surface area contributed by atoms with Crippen LogP contribution in [-0.4, -0.2) is 41.2 Å². The average Bonchev–Trinajstić information content (AvgIpc) is 2.85. The third-order valence-corrected chi connectivity index (χ3v) is 5.32. The van der Waals surface area contributed by atoms with E-state index in [1.807, 2.05) is 31.2 Å². The van der Waals surface area contributed by atoms with Crippen LogP contribution in [0.15, 0.2) is 30.0 Å². The van der Waals surface area contributed by atoms with Crippen LogP contribution >= 0.6 is 0 Å². The van der Waals surface area contributed by atoms with Crippen LogP contribution < -0.4 is 0 Å². The summed E-state index contributed by atoms with van der Waals surface area (Å²) in [4.78, 5) is 29.7. The van der Waals surface area contributed by atoms with Crippen LogP contribution in [0.2, 0.25) is 0 Å². The second-order valence-corrected chi connectivity index (χ2v) is 7.37. The molecule has 0 N–H and O–H groups in total. The number of unbranched alkanes of at least 4 members (excludes halogenated alkanes) is 1. The molecule has 25 heavy (non-hydrogen) atoms. The molecular formula is C21H28N2O2. The fraction of sp³-hybridized carbons (Fsp3) is 0.524. The average molecular weight is 340 g/mol. The van der Waals surface area contributed by atoms with Crippen LogP contribution in [0.3, 0.4) is 0 Å². The van der Waals surface area contributed by atoms with Crippen molar-refractivity contribution in [3.05, 3.63) is 41.1 Å². The van der Waals surface area contributed by atoms with Gasteiger partial charge in [-0.15, -0.1) is 0 Å². The Balaban J connectivity index is 1.99. The third-order valence-electron chi connectivity index (χ3n) is 5.32. The Morgan fingerprint density at radius 1 is 1.04 bits per heavy atom. The highest BCUT2D eigenvalue weighted by molar-refractivity contribution is 6.35. The summed E-state index contributed by atoms with van der Waals surface area (Å²) < 4.78 is 0. The zero-order valence-electron chi connectivity index (χ0n) is 15.5. The van der Waals surface area contributed by atoms with Gasteiger partial charge in [-0.3, -0.25) is 14.5 Å². The summed E-state index contributed by atoms with van der Waals surface area (Å²) in [5.41, 5.74) is 3.22. The number of amides is 2. The molecule has 2 aliphatic rings. The lowest BCUT2D eigenvalue weighted by Gasteiger charge is -2.32. The quantitative estimate of drug-likeness (QED) is 0.769. The van der Waals surface area contributed by atoms with E-state index < -0.39 is 0 Å². The Morgan fingerprint density at radius 2 is 1.68 bits per heavy atom. The molecule has 0 saturated carbocycles. The first-order valence-corrected chi connectivity index (χ1v) is 9.45. The number of hydrogen-bond acceptors (Lipinski definition) is 3. The minimum Gasteiger partial charge on any atom is -0.366 e. The number of rotatable bonds is 5. The van der Waals surface area contributed by atoms with Crippen molar-refractivity contribution >= 4 is 17.4 Å². The maximum absolute atomic E-state index is 13.1. The normalized spacial score (nSPS) is 19.3. The van der Waals surface area contributed by atoms with Crippen LogP contribution in [0, 0.1) is 12.8 Å². The fourth-order valence-electron chi connectivity index (χ4n) is 3.59. The lowest BCUT2D eigenvalue weighted by Crippen LogP contribution is -2.38. The highest BCUT2D eigenvalue weighted by Crippen LogP contribution is 2.34. The lowest BCUT2D eigenvalue weighted by molar-refractivity contribution is -0.137. The zero-order valence-corrected chi connectivity index (χ0v) is 15.5. The van der Waals surface area contributed by atoms with E-state index in [-0.39, 0.29) is 11.8 Å². The third kappa shape index (κ3) is 3.48. The van der Waals surface area contributed by atoms with Crippen LogP contribution in [0.1, 0.15) is 50.7 Å². The van der Waals surface area contributed by atoms with Crippen molar-refractivity contribution in [3.8, 4) is 0 Å². The van der Waals surface area contributed by atoms with Crippen LogP contribution in [-0.2, 0) is 9.59 Å². The molecular weight excluding hydrogens is 312 g/mol. The van der Waals surface area contributed by atoms with E-state index in [1.165, 1.54) is 4.90 Å². The predicted molar refractivity (Wildman–Crippen MR) is 99.7 cm³/mol. The number of piperidine rings is 1. The van der Waals surface area contributed by atoms with Gasteiger partial charge in [-0.2, -0.15) is 0 Å². The number of nitrogens with zero attached hydrogens (tertiary/aromatic N) is 2. The van der Waals surface area contributed by atoms with Crippen molar-refractivity contribution in [1.29, 1.82) is 0 Å². The van der Waals surface area contributed by atoms with Gasteiger partial charge in [0.2, 0.25) is 0 Å². The number of carbonyl (C=O) groups is 2. The van der Waals surface area contributed by atoms with Gasteiger partial charge in [0.05, 0.1) is 5.57 Å². The molecule has 0 atom stereocenters. The SMILES string of the molecule is CCCCN1C(=O)C(c2ccc(C)cc2)=C(N2CCC(C)CC2)C1=O. The Labute approximate surface area is 150 Å². The monoisotopic (exact) mass is 340 g/mol. The van der Waals surface area contributed by atoms with Gasteiger partial charge < -0.3 is 4.90 Å². The summed E-state index contributed by atoms with van der Waals surface area (Å²) in [6, 6.07) is 7.94. The summed E-state index contributed by atoms with van der Waals surface area (Å²) in [7, 11) is 0. The molecule has 4 nitrogen and oxygen atoms in total.